The molecule has 0 spiro atoms. The number of hydrogen-bond donors (Lipinski definition) is 1. The molecule has 1 N–H and O–H groups in total. The molecule has 0 atom stereocenters. The summed E-state index contributed by atoms with van der Waals surface area (Å²) < 4.78 is 0. The normalized spacial score (nSPS) is 10.9. The van der Waals surface area contributed by atoms with Gasteiger partial charge in [-0.3, -0.25) is 4.90 Å². The number of nitrogens with zero attached hydrogens (tertiary/aromatic N) is 2. The van der Waals surface area contributed by atoms with Gasteiger partial charge in [0.25, 0.3) is 0 Å². The number of aromatic nitrogens is 1. The van der Waals surface area contributed by atoms with Crippen LogP contribution in [0.25, 0.3) is 0 Å². The van der Waals surface area contributed by atoms with E-state index in [2.05, 4.69) is 28.9 Å². The summed E-state index contributed by atoms with van der Waals surface area (Å²) in [5.74, 6) is -0.944. The predicted octanol–water partition coefficient (Wildman–Crippen LogP) is 3.17. The van der Waals surface area contributed by atoms with E-state index in [1.807, 2.05) is 25.1 Å². The molecule has 1 aromatic carbocycles. The summed E-state index contributed by atoms with van der Waals surface area (Å²) in [7, 11) is 0. The summed E-state index contributed by atoms with van der Waals surface area (Å²) in [6, 6.07) is 10.2. The van der Waals surface area contributed by atoms with Gasteiger partial charge in [0.05, 0.1) is 9.88 Å². The van der Waals surface area contributed by atoms with Gasteiger partial charge in [-0.2, -0.15) is 0 Å². The van der Waals surface area contributed by atoms with Crippen LogP contribution in [0.1, 0.15) is 32.9 Å². The minimum atomic E-state index is -0.944. The second-order valence-corrected chi connectivity index (χ2v) is 5.89. The Kier molecular flexibility index (Phi) is 4.87. The third-order valence-electron chi connectivity index (χ3n) is 3.07. The van der Waals surface area contributed by atoms with Gasteiger partial charge >= 0.3 is 5.97 Å². The maximum Gasteiger partial charge on any atom is 0.355 e. The van der Waals surface area contributed by atoms with Crippen LogP contribution in [0.15, 0.2) is 30.3 Å². The Balaban J connectivity index is 2.12. The van der Waals surface area contributed by atoms with Gasteiger partial charge in [0, 0.05) is 13.1 Å². The Hall–Kier alpha value is -1.72. The van der Waals surface area contributed by atoms with Gasteiger partial charge in [0.1, 0.15) is 0 Å². The van der Waals surface area contributed by atoms with Gasteiger partial charge in [-0.25, -0.2) is 9.78 Å². The van der Waals surface area contributed by atoms with Crippen LogP contribution in [0.3, 0.4) is 0 Å². The first kappa shape index (κ1) is 14.7. The van der Waals surface area contributed by atoms with Crippen molar-refractivity contribution in [1.82, 2.24) is 9.88 Å². The van der Waals surface area contributed by atoms with E-state index in [0.29, 0.717) is 6.54 Å². The maximum absolute atomic E-state index is 11.2. The van der Waals surface area contributed by atoms with E-state index in [-0.39, 0.29) is 5.69 Å². The molecular formula is C15H18N2O2S. The number of carboxylic acids is 1. The predicted molar refractivity (Wildman–Crippen MR) is 80.0 cm³/mol. The SMILES string of the molecule is CCN(Cc1ccccc1)Cc1sc(C)nc1C(=O)O. The van der Waals surface area contributed by atoms with Crippen LogP contribution in [0.2, 0.25) is 0 Å². The average Bonchev–Trinajstić information content (AvgIpc) is 2.80. The summed E-state index contributed by atoms with van der Waals surface area (Å²) in [6.45, 7) is 6.22. The Labute approximate surface area is 122 Å². The molecule has 2 aromatic rings. The fourth-order valence-electron chi connectivity index (χ4n) is 2.07. The molecule has 0 bridgehead atoms. The van der Waals surface area contributed by atoms with Crippen molar-refractivity contribution in [1.29, 1.82) is 0 Å². The van der Waals surface area contributed by atoms with Crippen LogP contribution in [-0.2, 0) is 13.1 Å². The lowest BCUT2D eigenvalue weighted by Crippen LogP contribution is -2.22. The maximum atomic E-state index is 11.2. The number of benzene rings is 1. The van der Waals surface area contributed by atoms with Gasteiger partial charge in [0.15, 0.2) is 5.69 Å². The molecule has 2 rings (SSSR count). The molecule has 20 heavy (non-hydrogen) atoms. The zero-order valence-corrected chi connectivity index (χ0v) is 12.5. The number of thiazole rings is 1. The molecule has 5 heteroatoms. The molecule has 0 aliphatic rings. The molecule has 0 saturated heterocycles. The van der Waals surface area contributed by atoms with Crippen molar-refractivity contribution in [2.24, 2.45) is 0 Å². The van der Waals surface area contributed by atoms with Crippen LogP contribution in [0, 0.1) is 6.92 Å². The van der Waals surface area contributed by atoms with Crippen molar-refractivity contribution in [3.8, 4) is 0 Å². The largest absolute Gasteiger partial charge is 0.476 e. The first-order valence-corrected chi connectivity index (χ1v) is 7.37. The van der Waals surface area contributed by atoms with Gasteiger partial charge < -0.3 is 5.11 Å². The highest BCUT2D eigenvalue weighted by atomic mass is 32.1. The fourth-order valence-corrected chi connectivity index (χ4v) is 3.04. The van der Waals surface area contributed by atoms with Gasteiger partial charge in [-0.1, -0.05) is 37.3 Å². The number of aromatic carboxylic acids is 1. The van der Waals surface area contributed by atoms with E-state index in [4.69, 9.17) is 0 Å². The van der Waals surface area contributed by atoms with Crippen molar-refractivity contribution in [2.75, 3.05) is 6.54 Å². The number of carboxylic acid groups (broad SMARTS) is 1. The first-order chi connectivity index (χ1) is 9.60. The highest BCUT2D eigenvalue weighted by molar-refractivity contribution is 7.11. The monoisotopic (exact) mass is 290 g/mol. The average molecular weight is 290 g/mol. The molecule has 0 saturated carbocycles. The standard InChI is InChI=1S/C15H18N2O2S/c1-3-17(9-12-7-5-4-6-8-12)10-13-14(15(18)19)16-11(2)20-13/h4-8H,3,9-10H2,1-2H3,(H,18,19). The van der Waals surface area contributed by atoms with Gasteiger partial charge in [-0.15, -0.1) is 11.3 Å². The van der Waals surface area contributed by atoms with Crippen LogP contribution in [-0.4, -0.2) is 27.5 Å². The van der Waals surface area contributed by atoms with Crippen LogP contribution in [0.5, 0.6) is 0 Å². The lowest BCUT2D eigenvalue weighted by Gasteiger charge is -2.19. The van der Waals surface area contributed by atoms with Crippen LogP contribution >= 0.6 is 11.3 Å². The Morgan fingerprint density at radius 1 is 1.30 bits per heavy atom. The second-order valence-electron chi connectivity index (χ2n) is 4.60. The van der Waals surface area contributed by atoms with Crippen molar-refractivity contribution in [3.63, 3.8) is 0 Å². The number of carbonyl (C=O) groups is 1. The Morgan fingerprint density at radius 3 is 2.60 bits per heavy atom. The summed E-state index contributed by atoms with van der Waals surface area (Å²) >= 11 is 1.46. The highest BCUT2D eigenvalue weighted by Crippen LogP contribution is 2.21. The lowest BCUT2D eigenvalue weighted by atomic mass is 10.2. The molecule has 1 heterocycles. The molecule has 106 valence electrons. The third-order valence-corrected chi connectivity index (χ3v) is 4.03. The van der Waals surface area contributed by atoms with Gasteiger partial charge in [-0.05, 0) is 19.0 Å². The van der Waals surface area contributed by atoms with Crippen molar-refractivity contribution >= 4 is 17.3 Å². The van der Waals surface area contributed by atoms with Gasteiger partial charge in [0.2, 0.25) is 0 Å². The fraction of sp³-hybridized carbons (Fsp3) is 0.333. The van der Waals surface area contributed by atoms with E-state index < -0.39 is 5.97 Å². The molecule has 0 radical (unpaired) electrons. The van der Waals surface area contributed by atoms with Crippen molar-refractivity contribution < 1.29 is 9.90 Å². The lowest BCUT2D eigenvalue weighted by molar-refractivity contribution is 0.0688. The van der Waals surface area contributed by atoms with E-state index in [9.17, 15) is 9.90 Å². The molecular weight excluding hydrogens is 272 g/mol. The summed E-state index contributed by atoms with van der Waals surface area (Å²) in [6.07, 6.45) is 0. The quantitative estimate of drug-likeness (QED) is 0.888. The zero-order valence-electron chi connectivity index (χ0n) is 11.7. The number of rotatable bonds is 6. The van der Waals surface area contributed by atoms with E-state index in [1.54, 1.807) is 0 Å². The smallest absolute Gasteiger partial charge is 0.355 e. The summed E-state index contributed by atoms with van der Waals surface area (Å²) in [5, 5.41) is 9.98. The summed E-state index contributed by atoms with van der Waals surface area (Å²) in [5.41, 5.74) is 1.42. The first-order valence-electron chi connectivity index (χ1n) is 6.56. The van der Waals surface area contributed by atoms with Crippen molar-refractivity contribution in [3.05, 3.63) is 51.5 Å². The topological polar surface area (TPSA) is 53.4 Å². The number of aryl methyl sites for hydroxylation is 1. The highest BCUT2D eigenvalue weighted by Gasteiger charge is 2.17. The number of hydrogen-bond acceptors (Lipinski definition) is 4. The molecule has 0 aliphatic carbocycles. The molecule has 0 fully saturated rings. The minimum Gasteiger partial charge on any atom is -0.476 e. The van der Waals surface area contributed by atoms with Crippen LogP contribution < -0.4 is 0 Å². The van der Waals surface area contributed by atoms with Crippen molar-refractivity contribution in [2.45, 2.75) is 26.9 Å². The Morgan fingerprint density at radius 2 is 2.00 bits per heavy atom. The molecule has 0 unspecified atom stereocenters. The minimum absolute atomic E-state index is 0.194. The van der Waals surface area contributed by atoms with E-state index >= 15 is 0 Å². The molecule has 4 nitrogen and oxygen atoms in total. The zero-order chi connectivity index (χ0) is 14.5. The third kappa shape index (κ3) is 3.65. The molecule has 1 aromatic heterocycles. The van der Waals surface area contributed by atoms with E-state index in [1.165, 1.54) is 16.9 Å². The Bertz CT molecular complexity index is 581. The van der Waals surface area contributed by atoms with E-state index in [0.717, 1.165) is 23.0 Å². The second kappa shape index (κ2) is 6.63. The summed E-state index contributed by atoms with van der Waals surface area (Å²) in [4.78, 5) is 18.3. The molecule has 0 aliphatic heterocycles. The van der Waals surface area contributed by atoms with Crippen LogP contribution in [0.4, 0.5) is 0 Å². The molecule has 0 amide bonds.